The Kier molecular flexibility index (Phi) is 5.40. The fourth-order valence-electron chi connectivity index (χ4n) is 3.94. The van der Waals surface area contributed by atoms with E-state index in [0.717, 1.165) is 22.2 Å². The first kappa shape index (κ1) is 20.6. The zero-order chi connectivity index (χ0) is 22.8. The highest BCUT2D eigenvalue weighted by Crippen LogP contribution is 2.26. The molecular weight excluding hydrogens is 414 g/mol. The average Bonchev–Trinajstić information content (AvgIpc) is 3.33. The standard InChI is InChI=1S/C27H23N3O3/c1-19-11-13-22(14-12-19)33-16-15-29-18-20(23-9-5-6-10-25(23)29)17-24-26(31)28-30(27(24)32)21-7-3-2-4-8-21/h2-14,17-18H,15-16H2,1H3,(H,28,31). The van der Waals surface area contributed by atoms with E-state index in [4.69, 9.17) is 4.74 Å². The van der Waals surface area contributed by atoms with Crippen LogP contribution in [0.3, 0.4) is 0 Å². The Hall–Kier alpha value is -4.32. The van der Waals surface area contributed by atoms with Crippen LogP contribution < -0.4 is 15.2 Å². The maximum absolute atomic E-state index is 13.0. The molecule has 0 spiro atoms. The molecule has 0 saturated carbocycles. The van der Waals surface area contributed by atoms with Crippen molar-refractivity contribution in [3.05, 3.63) is 102 Å². The smallest absolute Gasteiger partial charge is 0.282 e. The number of aromatic nitrogens is 1. The molecule has 0 aliphatic carbocycles. The molecule has 164 valence electrons. The zero-order valence-corrected chi connectivity index (χ0v) is 18.2. The third kappa shape index (κ3) is 4.11. The molecule has 2 amide bonds. The van der Waals surface area contributed by atoms with Crippen LogP contribution in [-0.2, 0) is 16.1 Å². The molecule has 1 fully saturated rings. The second-order valence-corrected chi connectivity index (χ2v) is 7.93. The number of carbonyl (C=O) groups excluding carboxylic acids is 2. The van der Waals surface area contributed by atoms with E-state index < -0.39 is 5.91 Å². The number of hydrogen-bond acceptors (Lipinski definition) is 3. The summed E-state index contributed by atoms with van der Waals surface area (Å²) in [4.78, 5) is 25.6. The van der Waals surface area contributed by atoms with E-state index in [1.165, 1.54) is 10.6 Å². The van der Waals surface area contributed by atoms with E-state index in [0.29, 0.717) is 18.8 Å². The number of aryl methyl sites for hydroxylation is 1. The number of hydrogen-bond donors (Lipinski definition) is 1. The molecule has 5 rings (SSSR count). The van der Waals surface area contributed by atoms with Gasteiger partial charge in [0.15, 0.2) is 0 Å². The molecule has 3 aromatic carbocycles. The maximum atomic E-state index is 13.0. The lowest BCUT2D eigenvalue weighted by atomic mass is 10.1. The van der Waals surface area contributed by atoms with Gasteiger partial charge in [-0.25, -0.2) is 5.01 Å². The van der Waals surface area contributed by atoms with E-state index >= 15 is 0 Å². The van der Waals surface area contributed by atoms with Gasteiger partial charge in [-0.15, -0.1) is 0 Å². The number of rotatable bonds is 6. The minimum Gasteiger partial charge on any atom is -0.492 e. The third-order valence-electron chi connectivity index (χ3n) is 5.65. The molecular formula is C27H23N3O3. The zero-order valence-electron chi connectivity index (χ0n) is 18.2. The van der Waals surface area contributed by atoms with Gasteiger partial charge >= 0.3 is 0 Å². The van der Waals surface area contributed by atoms with E-state index in [9.17, 15) is 9.59 Å². The molecule has 1 aromatic heterocycles. The van der Waals surface area contributed by atoms with Gasteiger partial charge in [-0.05, 0) is 43.3 Å². The number of anilines is 1. The highest BCUT2D eigenvalue weighted by Gasteiger charge is 2.34. The summed E-state index contributed by atoms with van der Waals surface area (Å²) in [6.45, 7) is 3.17. The molecule has 6 heteroatoms. The molecule has 1 saturated heterocycles. The van der Waals surface area contributed by atoms with Crippen molar-refractivity contribution in [2.75, 3.05) is 11.6 Å². The molecule has 0 unspecified atom stereocenters. The summed E-state index contributed by atoms with van der Waals surface area (Å²) < 4.78 is 7.98. The Morgan fingerprint density at radius 3 is 2.42 bits per heavy atom. The topological polar surface area (TPSA) is 63.6 Å². The van der Waals surface area contributed by atoms with Gasteiger partial charge in [0.25, 0.3) is 11.8 Å². The van der Waals surface area contributed by atoms with E-state index in [2.05, 4.69) is 9.99 Å². The van der Waals surface area contributed by atoms with Gasteiger partial charge in [-0.2, -0.15) is 0 Å². The SMILES string of the molecule is Cc1ccc(OCCn2cc(C=C3C(=O)NN(c4ccccc4)C3=O)c3ccccc32)cc1. The lowest BCUT2D eigenvalue weighted by molar-refractivity contribution is -0.117. The summed E-state index contributed by atoms with van der Waals surface area (Å²) >= 11 is 0. The van der Waals surface area contributed by atoms with Crippen LogP contribution in [0.2, 0.25) is 0 Å². The Labute approximate surface area is 191 Å². The van der Waals surface area contributed by atoms with Gasteiger partial charge in [0, 0.05) is 22.7 Å². The Bertz CT molecular complexity index is 1350. The number of amides is 2. The fourth-order valence-corrected chi connectivity index (χ4v) is 3.94. The summed E-state index contributed by atoms with van der Waals surface area (Å²) in [5, 5.41) is 2.25. The summed E-state index contributed by atoms with van der Waals surface area (Å²) in [6, 6.07) is 25.0. The van der Waals surface area contributed by atoms with Crippen LogP contribution in [0.15, 0.2) is 90.6 Å². The molecule has 6 nitrogen and oxygen atoms in total. The lowest BCUT2D eigenvalue weighted by Gasteiger charge is -2.13. The molecule has 0 radical (unpaired) electrons. The van der Waals surface area contributed by atoms with Crippen LogP contribution >= 0.6 is 0 Å². The van der Waals surface area contributed by atoms with Crippen molar-refractivity contribution in [3.8, 4) is 5.75 Å². The average molecular weight is 437 g/mol. The van der Waals surface area contributed by atoms with Crippen molar-refractivity contribution in [2.45, 2.75) is 13.5 Å². The van der Waals surface area contributed by atoms with Crippen LogP contribution in [0.4, 0.5) is 5.69 Å². The largest absolute Gasteiger partial charge is 0.492 e. The summed E-state index contributed by atoms with van der Waals surface area (Å²) in [5.41, 5.74) is 6.40. The lowest BCUT2D eigenvalue weighted by Crippen LogP contribution is -2.35. The third-order valence-corrected chi connectivity index (χ3v) is 5.65. The van der Waals surface area contributed by atoms with Crippen LogP contribution in [0.25, 0.3) is 17.0 Å². The fraction of sp³-hybridized carbons (Fsp3) is 0.111. The van der Waals surface area contributed by atoms with Crippen molar-refractivity contribution in [1.29, 1.82) is 0 Å². The van der Waals surface area contributed by atoms with Gasteiger partial charge in [-0.3, -0.25) is 15.0 Å². The molecule has 0 atom stereocenters. The van der Waals surface area contributed by atoms with Crippen molar-refractivity contribution >= 4 is 34.5 Å². The predicted molar refractivity (Wildman–Crippen MR) is 129 cm³/mol. The first-order valence-electron chi connectivity index (χ1n) is 10.8. The second kappa shape index (κ2) is 8.67. The second-order valence-electron chi connectivity index (χ2n) is 7.93. The van der Waals surface area contributed by atoms with Crippen LogP contribution in [-0.4, -0.2) is 23.0 Å². The number of hydrazine groups is 1. The summed E-state index contributed by atoms with van der Waals surface area (Å²) in [6.07, 6.45) is 3.63. The molecule has 1 aliphatic heterocycles. The normalized spacial score (nSPS) is 14.8. The van der Waals surface area contributed by atoms with Gasteiger partial charge in [-0.1, -0.05) is 54.1 Å². The quantitative estimate of drug-likeness (QED) is 0.357. The number of nitrogens with zero attached hydrogens (tertiary/aromatic N) is 2. The van der Waals surface area contributed by atoms with Gasteiger partial charge in [0.2, 0.25) is 0 Å². The number of nitrogens with one attached hydrogen (secondary N) is 1. The van der Waals surface area contributed by atoms with Gasteiger partial charge in [0.1, 0.15) is 17.9 Å². The molecule has 1 aliphatic rings. The molecule has 2 heterocycles. The van der Waals surface area contributed by atoms with Crippen molar-refractivity contribution in [3.63, 3.8) is 0 Å². The van der Waals surface area contributed by atoms with Crippen molar-refractivity contribution in [2.24, 2.45) is 0 Å². The summed E-state index contributed by atoms with van der Waals surface area (Å²) in [7, 11) is 0. The first-order chi connectivity index (χ1) is 16.1. The molecule has 1 N–H and O–H groups in total. The van der Waals surface area contributed by atoms with E-state index in [1.54, 1.807) is 18.2 Å². The van der Waals surface area contributed by atoms with Gasteiger partial charge in [0.05, 0.1) is 12.2 Å². The molecule has 0 bridgehead atoms. The van der Waals surface area contributed by atoms with Crippen LogP contribution in [0.1, 0.15) is 11.1 Å². The Morgan fingerprint density at radius 2 is 1.64 bits per heavy atom. The minimum absolute atomic E-state index is 0.109. The van der Waals surface area contributed by atoms with E-state index in [-0.39, 0.29) is 11.5 Å². The number of fused-ring (bicyclic) bond motifs is 1. The monoisotopic (exact) mass is 437 g/mol. The predicted octanol–water partition coefficient (Wildman–Crippen LogP) is 4.49. The highest BCUT2D eigenvalue weighted by atomic mass is 16.5. The number of ether oxygens (including phenoxy) is 1. The maximum Gasteiger partial charge on any atom is 0.282 e. The minimum atomic E-state index is -0.414. The molecule has 4 aromatic rings. The van der Waals surface area contributed by atoms with Crippen LogP contribution in [0.5, 0.6) is 5.75 Å². The number of para-hydroxylation sites is 2. The highest BCUT2D eigenvalue weighted by molar-refractivity contribution is 6.32. The van der Waals surface area contributed by atoms with Crippen LogP contribution in [0, 0.1) is 6.92 Å². The molecule has 33 heavy (non-hydrogen) atoms. The Balaban J connectivity index is 1.40. The van der Waals surface area contributed by atoms with Crippen molar-refractivity contribution < 1.29 is 14.3 Å². The Morgan fingerprint density at radius 1 is 0.909 bits per heavy atom. The van der Waals surface area contributed by atoms with Crippen molar-refractivity contribution in [1.82, 2.24) is 9.99 Å². The first-order valence-corrected chi connectivity index (χ1v) is 10.8. The number of benzene rings is 3. The number of carbonyl (C=O) groups is 2. The van der Waals surface area contributed by atoms with Gasteiger partial charge < -0.3 is 9.30 Å². The summed E-state index contributed by atoms with van der Waals surface area (Å²) in [5.74, 6) is 0.0442. The van der Waals surface area contributed by atoms with E-state index in [1.807, 2.05) is 79.9 Å².